The highest BCUT2D eigenvalue weighted by Gasteiger charge is 2.18. The number of hydrogen-bond acceptors (Lipinski definition) is 3. The van der Waals surface area contributed by atoms with E-state index >= 15 is 0 Å². The minimum Gasteiger partial charge on any atom is -0.375 e. The lowest BCUT2D eigenvalue weighted by Crippen LogP contribution is -2.15. The van der Waals surface area contributed by atoms with E-state index in [9.17, 15) is 13.6 Å². The molecule has 0 saturated carbocycles. The smallest absolute Gasteiger partial charge is 0.261 e. The third-order valence-corrected chi connectivity index (χ3v) is 2.80. The zero-order chi connectivity index (χ0) is 13.7. The number of ketones is 1. The Balaban J connectivity index is 2.58. The summed E-state index contributed by atoms with van der Waals surface area (Å²) in [7, 11) is 0. The summed E-state index contributed by atoms with van der Waals surface area (Å²) in [5, 5.41) is 4.08. The van der Waals surface area contributed by atoms with Crippen molar-refractivity contribution in [2.24, 2.45) is 0 Å². The third kappa shape index (κ3) is 4.13. The second-order valence-electron chi connectivity index (χ2n) is 4.02. The van der Waals surface area contributed by atoms with Gasteiger partial charge in [0.15, 0.2) is 5.78 Å². The first-order chi connectivity index (χ1) is 8.43. The van der Waals surface area contributed by atoms with Crippen LogP contribution in [0.4, 0.5) is 8.78 Å². The zero-order valence-electron chi connectivity index (χ0n) is 10.2. The second-order valence-corrected chi connectivity index (χ2v) is 4.87. The molecule has 0 fully saturated rings. The summed E-state index contributed by atoms with van der Waals surface area (Å²) < 4.78 is 30.6. The molecular formula is C11H15BrF2N2O2. The molecular weight excluding hydrogens is 310 g/mol. The van der Waals surface area contributed by atoms with E-state index in [1.807, 2.05) is 13.8 Å². The predicted molar refractivity (Wildman–Crippen MR) is 66.1 cm³/mol. The first-order valence-electron chi connectivity index (χ1n) is 5.55. The van der Waals surface area contributed by atoms with E-state index in [1.165, 1.54) is 0 Å². The molecule has 0 aromatic carbocycles. The fourth-order valence-electron chi connectivity index (χ4n) is 1.45. The van der Waals surface area contributed by atoms with Gasteiger partial charge in [0.25, 0.3) is 6.43 Å². The van der Waals surface area contributed by atoms with Crippen LogP contribution < -0.4 is 0 Å². The number of rotatable bonds is 7. The van der Waals surface area contributed by atoms with Crippen molar-refractivity contribution < 1.29 is 18.3 Å². The van der Waals surface area contributed by atoms with Crippen LogP contribution in [0.3, 0.4) is 0 Å². The maximum atomic E-state index is 11.9. The molecule has 0 aliphatic heterocycles. The van der Waals surface area contributed by atoms with Crippen LogP contribution in [0.2, 0.25) is 0 Å². The van der Waals surface area contributed by atoms with Crippen molar-refractivity contribution in [3.8, 4) is 0 Å². The maximum Gasteiger partial charge on any atom is 0.261 e. The Morgan fingerprint density at radius 1 is 1.56 bits per heavy atom. The minimum absolute atomic E-state index is 0.0150. The number of halogens is 3. The van der Waals surface area contributed by atoms with Crippen LogP contribution in [-0.4, -0.2) is 35.2 Å². The van der Waals surface area contributed by atoms with Gasteiger partial charge in [-0.05, 0) is 29.8 Å². The molecule has 102 valence electrons. The largest absolute Gasteiger partial charge is 0.375 e. The highest BCUT2D eigenvalue weighted by Crippen LogP contribution is 2.21. The highest BCUT2D eigenvalue weighted by molar-refractivity contribution is 9.10. The summed E-state index contributed by atoms with van der Waals surface area (Å²) >= 11 is 3.25. The van der Waals surface area contributed by atoms with E-state index in [0.29, 0.717) is 10.2 Å². The molecule has 0 radical (unpaired) electrons. The van der Waals surface area contributed by atoms with E-state index in [2.05, 4.69) is 25.8 Å². The Hall–Kier alpha value is -0.820. The molecule has 18 heavy (non-hydrogen) atoms. The van der Waals surface area contributed by atoms with Gasteiger partial charge in [-0.2, -0.15) is 5.10 Å². The lowest BCUT2D eigenvalue weighted by molar-refractivity contribution is 0.0168. The number of aromatic nitrogens is 2. The van der Waals surface area contributed by atoms with Gasteiger partial charge in [0.1, 0.15) is 12.3 Å². The van der Waals surface area contributed by atoms with Crippen LogP contribution in [0, 0.1) is 0 Å². The number of hydrogen-bond donors (Lipinski definition) is 0. The molecule has 0 aliphatic carbocycles. The number of alkyl halides is 2. The van der Waals surface area contributed by atoms with Gasteiger partial charge in [-0.3, -0.25) is 9.48 Å². The second kappa shape index (κ2) is 6.94. The number of ether oxygens (including phenoxy) is 1. The normalized spacial score (nSPS) is 11.5. The van der Waals surface area contributed by atoms with Gasteiger partial charge in [0, 0.05) is 12.5 Å². The fourth-order valence-corrected chi connectivity index (χ4v) is 1.94. The molecule has 1 rings (SSSR count). The van der Waals surface area contributed by atoms with Crippen LogP contribution in [0.25, 0.3) is 0 Å². The average molecular weight is 325 g/mol. The third-order valence-electron chi connectivity index (χ3n) is 2.22. The van der Waals surface area contributed by atoms with Crippen molar-refractivity contribution >= 4 is 21.7 Å². The molecule has 0 unspecified atom stereocenters. The van der Waals surface area contributed by atoms with Crippen molar-refractivity contribution in [2.45, 2.75) is 32.7 Å². The molecule has 0 spiro atoms. The first-order valence-corrected chi connectivity index (χ1v) is 6.35. The molecule has 0 atom stereocenters. The quantitative estimate of drug-likeness (QED) is 0.572. The van der Waals surface area contributed by atoms with Gasteiger partial charge < -0.3 is 4.74 Å². The minimum atomic E-state index is -2.51. The summed E-state index contributed by atoms with van der Waals surface area (Å²) in [5.41, 5.74) is 0.450. The summed E-state index contributed by atoms with van der Waals surface area (Å²) in [4.78, 5) is 11.9. The van der Waals surface area contributed by atoms with E-state index < -0.39 is 13.0 Å². The van der Waals surface area contributed by atoms with Gasteiger partial charge in [0.05, 0.1) is 17.3 Å². The van der Waals surface area contributed by atoms with Gasteiger partial charge in [-0.15, -0.1) is 0 Å². The number of carbonyl (C=O) groups is 1. The molecule has 1 aromatic rings. The molecule has 0 bridgehead atoms. The van der Waals surface area contributed by atoms with Crippen LogP contribution in [0.5, 0.6) is 0 Å². The fraction of sp³-hybridized carbons (Fsp3) is 0.636. The molecule has 1 heterocycles. The molecule has 0 saturated heterocycles. The zero-order valence-corrected chi connectivity index (χ0v) is 11.8. The molecule has 7 heteroatoms. The highest BCUT2D eigenvalue weighted by atomic mass is 79.9. The molecule has 0 aliphatic rings. The number of nitrogens with zero attached hydrogens (tertiary/aromatic N) is 2. The Morgan fingerprint density at radius 3 is 2.78 bits per heavy atom. The topological polar surface area (TPSA) is 44.1 Å². The van der Waals surface area contributed by atoms with E-state index in [4.69, 9.17) is 0 Å². The van der Waals surface area contributed by atoms with Gasteiger partial charge >= 0.3 is 0 Å². The standard InChI is InChI=1S/C11H15BrF2N2O2/c1-7(2)16-11(8(12)5-15-16)9(17)3-4-18-6-10(13)14/h5,7,10H,3-4,6H2,1-2H3. The SMILES string of the molecule is CC(C)n1ncc(Br)c1C(=O)CCOCC(F)F. The average Bonchev–Trinajstić information content (AvgIpc) is 2.66. The van der Waals surface area contributed by atoms with Gasteiger partial charge in [0.2, 0.25) is 0 Å². The predicted octanol–water partition coefficient (Wildman–Crippen LogP) is 3.08. The van der Waals surface area contributed by atoms with Crippen molar-refractivity contribution in [1.29, 1.82) is 0 Å². The lowest BCUT2D eigenvalue weighted by atomic mass is 10.2. The Labute approximate surface area is 112 Å². The van der Waals surface area contributed by atoms with Crippen LogP contribution >= 0.6 is 15.9 Å². The van der Waals surface area contributed by atoms with Gasteiger partial charge in [-0.25, -0.2) is 8.78 Å². The van der Waals surface area contributed by atoms with Crippen LogP contribution in [-0.2, 0) is 4.74 Å². The van der Waals surface area contributed by atoms with Crippen molar-refractivity contribution in [1.82, 2.24) is 9.78 Å². The maximum absolute atomic E-state index is 11.9. The monoisotopic (exact) mass is 324 g/mol. The molecule has 0 N–H and O–H groups in total. The van der Waals surface area contributed by atoms with Crippen molar-refractivity contribution in [3.05, 3.63) is 16.4 Å². The lowest BCUT2D eigenvalue weighted by Gasteiger charge is -2.10. The number of Topliss-reactive ketones (excluding diaryl/α,β-unsaturated/α-hetero) is 1. The summed E-state index contributed by atoms with van der Waals surface area (Å²) in [6.45, 7) is 3.16. The molecule has 0 amide bonds. The van der Waals surface area contributed by atoms with Crippen LogP contribution in [0.15, 0.2) is 10.7 Å². The number of carbonyl (C=O) groups excluding carboxylic acids is 1. The Kier molecular flexibility index (Phi) is 5.87. The van der Waals surface area contributed by atoms with Crippen LogP contribution in [0.1, 0.15) is 36.8 Å². The summed E-state index contributed by atoms with van der Waals surface area (Å²) in [6, 6.07) is 0.0530. The first kappa shape index (κ1) is 15.2. The molecule has 1 aromatic heterocycles. The Bertz CT molecular complexity index is 408. The van der Waals surface area contributed by atoms with E-state index in [1.54, 1.807) is 10.9 Å². The van der Waals surface area contributed by atoms with E-state index in [-0.39, 0.29) is 24.9 Å². The van der Waals surface area contributed by atoms with E-state index in [0.717, 1.165) is 0 Å². The molecule has 4 nitrogen and oxygen atoms in total. The van der Waals surface area contributed by atoms with Gasteiger partial charge in [-0.1, -0.05) is 0 Å². The Morgan fingerprint density at radius 2 is 2.22 bits per heavy atom. The van der Waals surface area contributed by atoms with Crippen molar-refractivity contribution in [3.63, 3.8) is 0 Å². The summed E-state index contributed by atoms with van der Waals surface area (Å²) in [5.74, 6) is -0.178. The summed E-state index contributed by atoms with van der Waals surface area (Å²) in [6.07, 6.45) is -0.898. The van der Waals surface area contributed by atoms with Crippen molar-refractivity contribution in [2.75, 3.05) is 13.2 Å².